The van der Waals surface area contributed by atoms with Crippen molar-refractivity contribution >= 4 is 15.9 Å². The summed E-state index contributed by atoms with van der Waals surface area (Å²) in [4.78, 5) is 1.66. The number of aromatic hydroxyl groups is 1. The van der Waals surface area contributed by atoms with Crippen molar-refractivity contribution in [1.82, 2.24) is 10.2 Å². The van der Waals surface area contributed by atoms with E-state index >= 15 is 0 Å². The molecule has 0 unspecified atom stereocenters. The number of phenols is 1. The van der Waals surface area contributed by atoms with Gasteiger partial charge in [0.15, 0.2) is 0 Å². The summed E-state index contributed by atoms with van der Waals surface area (Å²) in [6.07, 6.45) is 0. The van der Waals surface area contributed by atoms with E-state index in [1.165, 1.54) is 18.2 Å². The molecular formula is C13H17BrF2N2O2. The van der Waals surface area contributed by atoms with Crippen molar-refractivity contribution in [3.63, 3.8) is 0 Å². The fraction of sp³-hybridized carbons (Fsp3) is 0.538. The summed E-state index contributed by atoms with van der Waals surface area (Å²) in [5.74, 6) is -3.24. The molecule has 0 aliphatic carbocycles. The summed E-state index contributed by atoms with van der Waals surface area (Å²) >= 11 is 3.14. The van der Waals surface area contributed by atoms with Gasteiger partial charge in [0.25, 0.3) is 5.92 Å². The molecule has 0 saturated carbocycles. The number of halogens is 3. The molecule has 0 aromatic heterocycles. The van der Waals surface area contributed by atoms with Crippen molar-refractivity contribution in [2.45, 2.75) is 12.0 Å². The fourth-order valence-corrected chi connectivity index (χ4v) is 2.84. The van der Waals surface area contributed by atoms with Gasteiger partial charge in [-0.1, -0.05) is 6.07 Å². The highest BCUT2D eigenvalue weighted by Crippen LogP contribution is 2.38. The maximum absolute atomic E-state index is 14.1. The van der Waals surface area contributed by atoms with Crippen LogP contribution in [0.2, 0.25) is 0 Å². The van der Waals surface area contributed by atoms with Crippen LogP contribution in [0.3, 0.4) is 0 Å². The van der Waals surface area contributed by atoms with Gasteiger partial charge in [0.1, 0.15) is 18.4 Å². The van der Waals surface area contributed by atoms with Gasteiger partial charge in [0.2, 0.25) is 0 Å². The van der Waals surface area contributed by atoms with Crippen molar-refractivity contribution in [3.8, 4) is 5.75 Å². The average Bonchev–Trinajstić information content (AvgIpc) is 2.44. The minimum absolute atomic E-state index is 0.000116. The summed E-state index contributed by atoms with van der Waals surface area (Å²) in [6.45, 7) is 1.03. The van der Waals surface area contributed by atoms with Crippen LogP contribution in [0.5, 0.6) is 5.75 Å². The second-order valence-electron chi connectivity index (χ2n) is 4.82. The van der Waals surface area contributed by atoms with E-state index in [0.717, 1.165) is 0 Å². The van der Waals surface area contributed by atoms with E-state index < -0.39 is 18.6 Å². The number of nitrogens with zero attached hydrogens (tertiary/aromatic N) is 1. The second kappa shape index (κ2) is 6.34. The zero-order valence-electron chi connectivity index (χ0n) is 10.8. The Kier molecular flexibility index (Phi) is 4.95. The van der Waals surface area contributed by atoms with Gasteiger partial charge >= 0.3 is 0 Å². The second-order valence-corrected chi connectivity index (χ2v) is 5.67. The maximum atomic E-state index is 14.1. The summed E-state index contributed by atoms with van der Waals surface area (Å²) in [5, 5.41) is 21.6. The molecule has 0 amide bonds. The van der Waals surface area contributed by atoms with Crippen LogP contribution < -0.4 is 5.32 Å². The van der Waals surface area contributed by atoms with Gasteiger partial charge in [0.05, 0.1) is 4.47 Å². The zero-order chi connectivity index (χ0) is 14.8. The third-order valence-electron chi connectivity index (χ3n) is 3.42. The van der Waals surface area contributed by atoms with E-state index in [1.807, 2.05) is 0 Å². The Labute approximate surface area is 124 Å². The van der Waals surface area contributed by atoms with Gasteiger partial charge in [-0.05, 0) is 33.6 Å². The lowest BCUT2D eigenvalue weighted by Gasteiger charge is -2.38. The largest absolute Gasteiger partial charge is 0.507 e. The molecular weight excluding hydrogens is 334 g/mol. The van der Waals surface area contributed by atoms with Crippen LogP contribution in [0.1, 0.15) is 11.6 Å². The maximum Gasteiger partial charge on any atom is 0.289 e. The molecule has 20 heavy (non-hydrogen) atoms. The summed E-state index contributed by atoms with van der Waals surface area (Å²) in [7, 11) is 0. The first-order chi connectivity index (χ1) is 9.45. The van der Waals surface area contributed by atoms with Crippen LogP contribution in [0.25, 0.3) is 0 Å². The molecule has 7 heteroatoms. The molecule has 0 bridgehead atoms. The molecule has 2 rings (SSSR count). The molecule has 1 aromatic rings. The Morgan fingerprint density at radius 3 is 2.55 bits per heavy atom. The molecule has 112 valence electrons. The number of rotatable bonds is 4. The third kappa shape index (κ3) is 3.28. The van der Waals surface area contributed by atoms with Crippen molar-refractivity contribution in [2.75, 3.05) is 32.8 Å². The fourth-order valence-electron chi connectivity index (χ4n) is 2.44. The molecule has 1 aliphatic heterocycles. The Morgan fingerprint density at radius 2 is 2.00 bits per heavy atom. The number of phenolic OH excluding ortho intramolecular Hbond substituents is 1. The van der Waals surface area contributed by atoms with Crippen LogP contribution in [0.15, 0.2) is 22.7 Å². The Balaban J connectivity index is 2.36. The molecule has 1 aliphatic rings. The molecule has 1 saturated heterocycles. The van der Waals surface area contributed by atoms with E-state index in [2.05, 4.69) is 21.2 Å². The Hall–Kier alpha value is -0.760. The highest BCUT2D eigenvalue weighted by molar-refractivity contribution is 9.10. The highest BCUT2D eigenvalue weighted by Gasteiger charge is 2.44. The van der Waals surface area contributed by atoms with E-state index in [1.54, 1.807) is 4.90 Å². The first kappa shape index (κ1) is 15.6. The van der Waals surface area contributed by atoms with Gasteiger partial charge in [-0.25, -0.2) is 8.78 Å². The monoisotopic (exact) mass is 350 g/mol. The van der Waals surface area contributed by atoms with Crippen molar-refractivity contribution in [1.29, 1.82) is 0 Å². The predicted octanol–water partition coefficient (Wildman–Crippen LogP) is 1.73. The molecule has 1 heterocycles. The van der Waals surface area contributed by atoms with E-state index in [0.29, 0.717) is 36.2 Å². The van der Waals surface area contributed by atoms with E-state index in [9.17, 15) is 13.9 Å². The topological polar surface area (TPSA) is 55.7 Å². The molecule has 1 atom stereocenters. The van der Waals surface area contributed by atoms with Gasteiger partial charge in [-0.3, -0.25) is 4.90 Å². The van der Waals surface area contributed by atoms with Crippen LogP contribution in [0, 0.1) is 0 Å². The SMILES string of the molecule is OCC(F)(F)[C@@H](c1ccc(O)c(Br)c1)N1CCNCC1. The average molecular weight is 351 g/mol. The standard InChI is InChI=1S/C13H17BrF2N2O2/c14-10-7-9(1-2-11(10)20)12(13(15,16)8-19)18-5-3-17-4-6-18/h1-2,7,12,17,19-20H,3-6,8H2/t12-/m1/s1. The first-order valence-electron chi connectivity index (χ1n) is 6.37. The van der Waals surface area contributed by atoms with Crippen LogP contribution in [-0.4, -0.2) is 53.8 Å². The molecule has 3 N–H and O–H groups in total. The number of benzene rings is 1. The lowest BCUT2D eigenvalue weighted by atomic mass is 9.98. The Bertz CT molecular complexity index is 468. The number of aliphatic hydroxyl groups is 1. The number of hydrogen-bond acceptors (Lipinski definition) is 4. The van der Waals surface area contributed by atoms with Gasteiger partial charge in [0, 0.05) is 26.2 Å². The quantitative estimate of drug-likeness (QED) is 0.774. The summed E-state index contributed by atoms with van der Waals surface area (Å²) < 4.78 is 28.6. The Morgan fingerprint density at radius 1 is 1.35 bits per heavy atom. The lowest BCUT2D eigenvalue weighted by Crippen LogP contribution is -2.51. The van der Waals surface area contributed by atoms with Crippen molar-refractivity contribution in [2.24, 2.45) is 0 Å². The van der Waals surface area contributed by atoms with Gasteiger partial charge in [-0.2, -0.15) is 0 Å². The number of piperazine rings is 1. The molecule has 0 spiro atoms. The van der Waals surface area contributed by atoms with Crippen molar-refractivity contribution in [3.05, 3.63) is 28.2 Å². The molecule has 4 nitrogen and oxygen atoms in total. The zero-order valence-corrected chi connectivity index (χ0v) is 12.4. The minimum atomic E-state index is -3.24. The van der Waals surface area contributed by atoms with Crippen LogP contribution in [-0.2, 0) is 0 Å². The smallest absolute Gasteiger partial charge is 0.289 e. The van der Waals surface area contributed by atoms with Crippen LogP contribution in [0.4, 0.5) is 8.78 Å². The molecule has 1 aromatic carbocycles. The van der Waals surface area contributed by atoms with E-state index in [4.69, 9.17) is 5.11 Å². The van der Waals surface area contributed by atoms with Gasteiger partial charge < -0.3 is 15.5 Å². The van der Waals surface area contributed by atoms with Crippen molar-refractivity contribution < 1.29 is 19.0 Å². The summed E-state index contributed by atoms with van der Waals surface area (Å²) in [6, 6.07) is 3.12. The predicted molar refractivity (Wildman–Crippen MR) is 75.0 cm³/mol. The summed E-state index contributed by atoms with van der Waals surface area (Å²) in [5.41, 5.74) is 0.371. The highest BCUT2D eigenvalue weighted by atomic mass is 79.9. The van der Waals surface area contributed by atoms with Gasteiger partial charge in [-0.15, -0.1) is 0 Å². The van der Waals surface area contributed by atoms with E-state index in [-0.39, 0.29) is 5.75 Å². The minimum Gasteiger partial charge on any atom is -0.507 e. The number of alkyl halides is 2. The van der Waals surface area contributed by atoms with Crippen LogP contribution >= 0.6 is 15.9 Å². The number of hydrogen-bond donors (Lipinski definition) is 3. The lowest BCUT2D eigenvalue weighted by molar-refractivity contribution is -0.118. The third-order valence-corrected chi connectivity index (χ3v) is 4.05. The molecule has 0 radical (unpaired) electrons. The number of aliphatic hydroxyl groups excluding tert-OH is 1. The number of nitrogens with one attached hydrogen (secondary N) is 1. The molecule has 1 fully saturated rings. The normalized spacial score (nSPS) is 19.0. The first-order valence-corrected chi connectivity index (χ1v) is 7.17.